The summed E-state index contributed by atoms with van der Waals surface area (Å²) in [5.74, 6) is 0.972. The molecular weight excluding hydrogens is 204 g/mol. The highest BCUT2D eigenvalue weighted by atomic mass is 16.5. The number of amides is 1. The molecule has 16 heavy (non-hydrogen) atoms. The molecule has 1 saturated carbocycles. The fourth-order valence-electron chi connectivity index (χ4n) is 1.74. The highest BCUT2D eigenvalue weighted by molar-refractivity contribution is 5.77. The first-order valence-corrected chi connectivity index (χ1v) is 6.25. The fraction of sp³-hybridized carbons (Fsp3) is 0.917. The van der Waals surface area contributed by atoms with Gasteiger partial charge in [0.1, 0.15) is 0 Å². The van der Waals surface area contributed by atoms with Gasteiger partial charge >= 0.3 is 0 Å². The molecule has 1 atom stereocenters. The van der Waals surface area contributed by atoms with E-state index in [0.29, 0.717) is 25.7 Å². The van der Waals surface area contributed by atoms with Crippen LogP contribution in [0.5, 0.6) is 0 Å². The Hall–Kier alpha value is -0.610. The molecule has 2 N–H and O–H groups in total. The van der Waals surface area contributed by atoms with Gasteiger partial charge in [0.15, 0.2) is 0 Å². The van der Waals surface area contributed by atoms with Crippen LogP contribution in [0.1, 0.15) is 32.6 Å². The first-order valence-electron chi connectivity index (χ1n) is 6.25. The molecule has 1 amide bonds. The van der Waals surface area contributed by atoms with E-state index in [-0.39, 0.29) is 5.91 Å². The monoisotopic (exact) mass is 228 g/mol. The molecular formula is C12H24N2O2. The molecule has 0 heterocycles. The lowest BCUT2D eigenvalue weighted by molar-refractivity contribution is -0.120. The summed E-state index contributed by atoms with van der Waals surface area (Å²) in [6, 6.07) is 0.501. The summed E-state index contributed by atoms with van der Waals surface area (Å²) in [6.07, 6.45) is 5.07. The summed E-state index contributed by atoms with van der Waals surface area (Å²) in [6.45, 7) is 3.76. The molecule has 0 aromatic rings. The lowest BCUT2D eigenvalue weighted by Gasteiger charge is -2.16. The Labute approximate surface area is 98.1 Å². The number of nitrogens with one attached hydrogen (secondary N) is 2. The second kappa shape index (κ2) is 7.63. The molecule has 1 fully saturated rings. The van der Waals surface area contributed by atoms with Gasteiger partial charge in [-0.2, -0.15) is 0 Å². The maximum absolute atomic E-state index is 11.4. The standard InChI is InChI=1S/C12H24N2O2/c1-3-11(8-10-4-5-10)14-9-12(15)13-6-7-16-2/h10-11,14H,3-9H2,1-2H3,(H,13,15). The molecule has 4 nitrogen and oxygen atoms in total. The van der Waals surface area contributed by atoms with E-state index in [4.69, 9.17) is 4.74 Å². The summed E-state index contributed by atoms with van der Waals surface area (Å²) in [5.41, 5.74) is 0. The number of rotatable bonds is 9. The minimum Gasteiger partial charge on any atom is -0.383 e. The second-order valence-corrected chi connectivity index (χ2v) is 4.51. The minimum atomic E-state index is 0.0614. The molecule has 1 aliphatic carbocycles. The third kappa shape index (κ3) is 6.08. The highest BCUT2D eigenvalue weighted by Gasteiger charge is 2.24. The lowest BCUT2D eigenvalue weighted by atomic mass is 10.1. The molecule has 0 saturated heterocycles. The van der Waals surface area contributed by atoms with Gasteiger partial charge in [-0.1, -0.05) is 19.8 Å². The van der Waals surface area contributed by atoms with E-state index < -0.39 is 0 Å². The van der Waals surface area contributed by atoms with Crippen LogP contribution < -0.4 is 10.6 Å². The average Bonchev–Trinajstić information content (AvgIpc) is 3.08. The summed E-state index contributed by atoms with van der Waals surface area (Å²) < 4.78 is 4.86. The molecule has 0 bridgehead atoms. The van der Waals surface area contributed by atoms with Crippen molar-refractivity contribution in [3.63, 3.8) is 0 Å². The van der Waals surface area contributed by atoms with Crippen LogP contribution >= 0.6 is 0 Å². The van der Waals surface area contributed by atoms with Crippen LogP contribution in [0, 0.1) is 5.92 Å². The molecule has 94 valence electrons. The Bertz CT molecular complexity index is 205. The van der Waals surface area contributed by atoms with Crippen molar-refractivity contribution in [1.29, 1.82) is 0 Å². The van der Waals surface area contributed by atoms with Crippen molar-refractivity contribution < 1.29 is 9.53 Å². The summed E-state index contributed by atoms with van der Waals surface area (Å²) in [7, 11) is 1.63. The van der Waals surface area contributed by atoms with Crippen LogP contribution in [0.2, 0.25) is 0 Å². The van der Waals surface area contributed by atoms with E-state index in [1.54, 1.807) is 7.11 Å². The number of methoxy groups -OCH3 is 1. The van der Waals surface area contributed by atoms with Gasteiger partial charge in [0.25, 0.3) is 0 Å². The predicted molar refractivity (Wildman–Crippen MR) is 64.3 cm³/mol. The zero-order chi connectivity index (χ0) is 11.8. The fourth-order valence-corrected chi connectivity index (χ4v) is 1.74. The van der Waals surface area contributed by atoms with Gasteiger partial charge < -0.3 is 15.4 Å². The van der Waals surface area contributed by atoms with E-state index in [1.807, 2.05) is 0 Å². The summed E-state index contributed by atoms with van der Waals surface area (Å²) >= 11 is 0. The van der Waals surface area contributed by atoms with Crippen LogP contribution in [-0.2, 0) is 9.53 Å². The average molecular weight is 228 g/mol. The predicted octanol–water partition coefficient (Wildman–Crippen LogP) is 0.917. The van der Waals surface area contributed by atoms with Gasteiger partial charge in [-0.05, 0) is 18.8 Å². The lowest BCUT2D eigenvalue weighted by Crippen LogP contribution is -2.40. The second-order valence-electron chi connectivity index (χ2n) is 4.51. The van der Waals surface area contributed by atoms with Crippen molar-refractivity contribution in [2.45, 2.75) is 38.6 Å². The van der Waals surface area contributed by atoms with E-state index in [2.05, 4.69) is 17.6 Å². The van der Waals surface area contributed by atoms with Gasteiger partial charge in [-0.25, -0.2) is 0 Å². The van der Waals surface area contributed by atoms with Gasteiger partial charge in [-0.3, -0.25) is 4.79 Å². The van der Waals surface area contributed by atoms with Gasteiger partial charge in [0.2, 0.25) is 5.91 Å². The number of ether oxygens (including phenoxy) is 1. The Balaban J connectivity index is 2.03. The van der Waals surface area contributed by atoms with Crippen LogP contribution in [-0.4, -0.2) is 38.8 Å². The first kappa shape index (κ1) is 13.5. The number of hydrogen-bond donors (Lipinski definition) is 2. The van der Waals surface area contributed by atoms with Gasteiger partial charge in [-0.15, -0.1) is 0 Å². The number of carbonyl (C=O) groups is 1. The third-order valence-corrected chi connectivity index (χ3v) is 2.99. The Morgan fingerprint density at radius 1 is 1.50 bits per heavy atom. The van der Waals surface area contributed by atoms with Crippen molar-refractivity contribution in [2.24, 2.45) is 5.92 Å². The molecule has 0 radical (unpaired) electrons. The zero-order valence-corrected chi connectivity index (χ0v) is 10.4. The van der Waals surface area contributed by atoms with Crippen LogP contribution in [0.4, 0.5) is 0 Å². The van der Waals surface area contributed by atoms with Gasteiger partial charge in [0.05, 0.1) is 13.2 Å². The van der Waals surface area contributed by atoms with Crippen molar-refractivity contribution in [3.05, 3.63) is 0 Å². The highest BCUT2D eigenvalue weighted by Crippen LogP contribution is 2.33. The van der Waals surface area contributed by atoms with E-state index in [1.165, 1.54) is 19.3 Å². The molecule has 1 unspecified atom stereocenters. The molecule has 1 rings (SSSR count). The van der Waals surface area contributed by atoms with Crippen LogP contribution in [0.15, 0.2) is 0 Å². The molecule has 4 heteroatoms. The molecule has 0 aromatic heterocycles. The van der Waals surface area contributed by atoms with Crippen molar-refractivity contribution in [1.82, 2.24) is 10.6 Å². The normalized spacial score (nSPS) is 17.1. The first-order chi connectivity index (χ1) is 7.76. The van der Waals surface area contributed by atoms with Crippen molar-refractivity contribution in [2.75, 3.05) is 26.8 Å². The topological polar surface area (TPSA) is 50.4 Å². The number of hydrogen-bond acceptors (Lipinski definition) is 3. The smallest absolute Gasteiger partial charge is 0.234 e. The number of carbonyl (C=O) groups excluding carboxylic acids is 1. The van der Waals surface area contributed by atoms with Crippen molar-refractivity contribution >= 4 is 5.91 Å². The molecule has 0 spiro atoms. The maximum Gasteiger partial charge on any atom is 0.234 e. The van der Waals surface area contributed by atoms with E-state index in [0.717, 1.165) is 12.3 Å². The zero-order valence-electron chi connectivity index (χ0n) is 10.4. The Morgan fingerprint density at radius 2 is 2.25 bits per heavy atom. The molecule has 0 aromatic carbocycles. The Kier molecular flexibility index (Phi) is 6.42. The van der Waals surface area contributed by atoms with Gasteiger partial charge in [0, 0.05) is 19.7 Å². The summed E-state index contributed by atoms with van der Waals surface area (Å²) in [5, 5.41) is 6.12. The van der Waals surface area contributed by atoms with E-state index >= 15 is 0 Å². The SMILES string of the molecule is CCC(CC1CC1)NCC(=O)NCCOC. The van der Waals surface area contributed by atoms with Crippen LogP contribution in [0.25, 0.3) is 0 Å². The van der Waals surface area contributed by atoms with Crippen molar-refractivity contribution in [3.8, 4) is 0 Å². The van der Waals surface area contributed by atoms with Crippen LogP contribution in [0.3, 0.4) is 0 Å². The minimum absolute atomic E-state index is 0.0614. The summed E-state index contributed by atoms with van der Waals surface area (Å²) in [4.78, 5) is 11.4. The Morgan fingerprint density at radius 3 is 2.81 bits per heavy atom. The quantitative estimate of drug-likeness (QED) is 0.577. The third-order valence-electron chi connectivity index (χ3n) is 2.99. The molecule has 1 aliphatic rings. The molecule has 0 aliphatic heterocycles. The maximum atomic E-state index is 11.4. The largest absolute Gasteiger partial charge is 0.383 e. The van der Waals surface area contributed by atoms with E-state index in [9.17, 15) is 4.79 Å².